The van der Waals surface area contributed by atoms with Gasteiger partial charge in [-0.2, -0.15) is 0 Å². The lowest BCUT2D eigenvalue weighted by Gasteiger charge is -2.34. The van der Waals surface area contributed by atoms with Gasteiger partial charge in [-0.3, -0.25) is 4.90 Å². The van der Waals surface area contributed by atoms with E-state index in [0.29, 0.717) is 12.3 Å². The summed E-state index contributed by atoms with van der Waals surface area (Å²) in [6, 6.07) is 17.0. The molecule has 2 aromatic carbocycles. The molecule has 1 unspecified atom stereocenters. The summed E-state index contributed by atoms with van der Waals surface area (Å²) >= 11 is 0. The molecule has 1 fully saturated rings. The molecule has 0 aliphatic carbocycles. The summed E-state index contributed by atoms with van der Waals surface area (Å²) in [6.45, 7) is 3.04. The Hall–Kier alpha value is -1.46. The minimum atomic E-state index is -0.334. The molecule has 1 heterocycles. The Labute approximate surface area is 155 Å². The van der Waals surface area contributed by atoms with Gasteiger partial charge in [-0.15, -0.1) is 12.4 Å². The molecule has 1 aliphatic heterocycles. The summed E-state index contributed by atoms with van der Waals surface area (Å²) < 4.78 is 12.9. The van der Waals surface area contributed by atoms with Crippen LogP contribution in [0, 0.1) is 11.7 Å². The maximum Gasteiger partial charge on any atom is 0.123 e. The standard InChI is InChI=1S/C20H24FNO.ClH.H2O/c21-19-8-6-16(7-9-19)14-20(23)18-10-12-22(13-11-18)15-17-4-2-1-3-5-17;;/h1-9,18,20,23H,10-15H2;1H;1H2. The van der Waals surface area contributed by atoms with Gasteiger partial charge in [0, 0.05) is 6.54 Å². The molecule has 3 rings (SSSR count). The zero-order valence-corrected chi connectivity index (χ0v) is 15.1. The van der Waals surface area contributed by atoms with E-state index in [-0.39, 0.29) is 29.8 Å². The van der Waals surface area contributed by atoms with Gasteiger partial charge in [0.05, 0.1) is 6.10 Å². The van der Waals surface area contributed by atoms with Crippen LogP contribution in [0.3, 0.4) is 0 Å². The Morgan fingerprint density at radius 3 is 2.16 bits per heavy atom. The van der Waals surface area contributed by atoms with Crippen LogP contribution in [-0.2, 0) is 13.0 Å². The summed E-state index contributed by atoms with van der Waals surface area (Å²) in [5.74, 6) is 0.115. The maximum atomic E-state index is 12.9. The van der Waals surface area contributed by atoms with Gasteiger partial charge in [0.15, 0.2) is 0 Å². The van der Waals surface area contributed by atoms with Gasteiger partial charge in [0.25, 0.3) is 0 Å². The van der Waals surface area contributed by atoms with Crippen molar-refractivity contribution in [1.82, 2.24) is 4.90 Å². The average Bonchev–Trinajstić information content (AvgIpc) is 2.58. The first-order valence-corrected chi connectivity index (χ1v) is 8.39. The number of benzene rings is 2. The van der Waals surface area contributed by atoms with Gasteiger partial charge in [-0.05, 0) is 61.5 Å². The number of aliphatic hydroxyl groups excluding tert-OH is 1. The monoisotopic (exact) mass is 367 g/mol. The molecule has 0 aromatic heterocycles. The van der Waals surface area contributed by atoms with Crippen LogP contribution < -0.4 is 0 Å². The Kier molecular flexibility index (Phi) is 9.08. The Morgan fingerprint density at radius 2 is 1.56 bits per heavy atom. The molecule has 2 aromatic rings. The van der Waals surface area contributed by atoms with Crippen molar-refractivity contribution >= 4 is 12.4 Å². The van der Waals surface area contributed by atoms with Crippen LogP contribution in [0.25, 0.3) is 0 Å². The third-order valence-electron chi connectivity index (χ3n) is 4.78. The molecule has 0 bridgehead atoms. The Balaban J connectivity index is 0.00000156. The quantitative estimate of drug-likeness (QED) is 0.882. The predicted octanol–water partition coefficient (Wildman–Crippen LogP) is 3.24. The largest absolute Gasteiger partial charge is 0.412 e. The fraction of sp³-hybridized carbons (Fsp3) is 0.400. The second-order valence-electron chi connectivity index (χ2n) is 6.50. The molecule has 5 heteroatoms. The van der Waals surface area contributed by atoms with E-state index in [1.54, 1.807) is 12.1 Å². The minimum absolute atomic E-state index is 0. The fourth-order valence-electron chi connectivity index (χ4n) is 3.37. The summed E-state index contributed by atoms with van der Waals surface area (Å²) in [4.78, 5) is 2.45. The van der Waals surface area contributed by atoms with Crippen LogP contribution in [-0.4, -0.2) is 34.7 Å². The van der Waals surface area contributed by atoms with E-state index in [0.717, 1.165) is 38.0 Å². The van der Waals surface area contributed by atoms with Crippen molar-refractivity contribution in [2.75, 3.05) is 13.1 Å². The van der Waals surface area contributed by atoms with Crippen LogP contribution in [0.4, 0.5) is 4.39 Å². The number of rotatable bonds is 5. The number of halogens is 2. The van der Waals surface area contributed by atoms with Crippen LogP contribution in [0.15, 0.2) is 54.6 Å². The molecule has 1 aliphatic rings. The number of hydrogen-bond acceptors (Lipinski definition) is 2. The molecule has 1 atom stereocenters. The first-order chi connectivity index (χ1) is 11.2. The molecule has 3 nitrogen and oxygen atoms in total. The molecule has 138 valence electrons. The van der Waals surface area contributed by atoms with Crippen molar-refractivity contribution < 1.29 is 15.0 Å². The molecule has 0 radical (unpaired) electrons. The lowest BCUT2D eigenvalue weighted by Crippen LogP contribution is -2.38. The molecular weight excluding hydrogens is 341 g/mol. The van der Waals surface area contributed by atoms with Crippen molar-refractivity contribution in [2.45, 2.75) is 31.9 Å². The molecular formula is C20H27ClFNO2. The smallest absolute Gasteiger partial charge is 0.123 e. The van der Waals surface area contributed by atoms with Crippen LogP contribution in [0.5, 0.6) is 0 Å². The summed E-state index contributed by atoms with van der Waals surface area (Å²) in [6.07, 6.45) is 2.33. The zero-order valence-electron chi connectivity index (χ0n) is 14.3. The van der Waals surface area contributed by atoms with Gasteiger partial charge < -0.3 is 10.6 Å². The number of hydrogen-bond donors (Lipinski definition) is 1. The number of likely N-dealkylation sites (tertiary alicyclic amines) is 1. The first kappa shape index (κ1) is 21.6. The molecule has 3 N–H and O–H groups in total. The molecule has 0 amide bonds. The van der Waals surface area contributed by atoms with Crippen molar-refractivity contribution in [2.24, 2.45) is 5.92 Å². The van der Waals surface area contributed by atoms with E-state index in [1.165, 1.54) is 17.7 Å². The van der Waals surface area contributed by atoms with Gasteiger partial charge in [-0.1, -0.05) is 42.5 Å². The lowest BCUT2D eigenvalue weighted by atomic mass is 9.88. The highest BCUT2D eigenvalue weighted by Gasteiger charge is 2.25. The van der Waals surface area contributed by atoms with E-state index in [9.17, 15) is 9.50 Å². The van der Waals surface area contributed by atoms with Crippen LogP contribution >= 0.6 is 12.4 Å². The first-order valence-electron chi connectivity index (χ1n) is 8.39. The molecule has 25 heavy (non-hydrogen) atoms. The summed E-state index contributed by atoms with van der Waals surface area (Å²) in [7, 11) is 0. The molecule has 0 spiro atoms. The van der Waals surface area contributed by atoms with E-state index in [2.05, 4.69) is 29.2 Å². The fourth-order valence-corrected chi connectivity index (χ4v) is 3.37. The normalized spacial score (nSPS) is 16.6. The van der Waals surface area contributed by atoms with Crippen molar-refractivity contribution in [3.63, 3.8) is 0 Å². The predicted molar refractivity (Wildman–Crippen MR) is 101 cm³/mol. The Bertz CT molecular complexity index is 601. The second-order valence-corrected chi connectivity index (χ2v) is 6.50. The second kappa shape index (κ2) is 10.5. The minimum Gasteiger partial charge on any atom is -0.412 e. The zero-order chi connectivity index (χ0) is 16.1. The molecule has 1 saturated heterocycles. The number of piperidine rings is 1. The third kappa shape index (κ3) is 6.40. The van der Waals surface area contributed by atoms with Gasteiger partial charge in [-0.25, -0.2) is 4.39 Å². The highest BCUT2D eigenvalue weighted by molar-refractivity contribution is 5.85. The SMILES string of the molecule is Cl.O.OC(Cc1ccc(F)cc1)C1CCN(Cc2ccccc2)CC1. The van der Waals surface area contributed by atoms with Gasteiger partial charge >= 0.3 is 0 Å². The van der Waals surface area contributed by atoms with Crippen molar-refractivity contribution in [1.29, 1.82) is 0 Å². The van der Waals surface area contributed by atoms with Crippen molar-refractivity contribution in [3.05, 3.63) is 71.5 Å². The van der Waals surface area contributed by atoms with Crippen LogP contribution in [0.1, 0.15) is 24.0 Å². The number of aliphatic hydroxyl groups is 1. The Morgan fingerprint density at radius 1 is 0.960 bits per heavy atom. The van der Waals surface area contributed by atoms with E-state index >= 15 is 0 Å². The van der Waals surface area contributed by atoms with Gasteiger partial charge in [0.2, 0.25) is 0 Å². The van der Waals surface area contributed by atoms with E-state index < -0.39 is 0 Å². The summed E-state index contributed by atoms with van der Waals surface area (Å²) in [5, 5.41) is 10.5. The lowest BCUT2D eigenvalue weighted by molar-refractivity contribution is 0.0576. The summed E-state index contributed by atoms with van der Waals surface area (Å²) in [5.41, 5.74) is 2.35. The third-order valence-corrected chi connectivity index (χ3v) is 4.78. The molecule has 0 saturated carbocycles. The highest BCUT2D eigenvalue weighted by Crippen LogP contribution is 2.24. The van der Waals surface area contributed by atoms with E-state index in [1.807, 2.05) is 6.07 Å². The van der Waals surface area contributed by atoms with Crippen molar-refractivity contribution in [3.8, 4) is 0 Å². The number of nitrogens with zero attached hydrogens (tertiary/aromatic N) is 1. The highest BCUT2D eigenvalue weighted by atomic mass is 35.5. The maximum absolute atomic E-state index is 12.9. The van der Waals surface area contributed by atoms with Gasteiger partial charge in [0.1, 0.15) is 5.82 Å². The van der Waals surface area contributed by atoms with E-state index in [4.69, 9.17) is 0 Å². The average molecular weight is 368 g/mol. The van der Waals surface area contributed by atoms with Crippen LogP contribution in [0.2, 0.25) is 0 Å². The topological polar surface area (TPSA) is 55.0 Å².